The van der Waals surface area contributed by atoms with Crippen LogP contribution in [0.4, 0.5) is 5.82 Å². The number of nitrogens with one attached hydrogen (secondary N) is 2. The molecule has 2 aromatic rings. The predicted molar refractivity (Wildman–Crippen MR) is 67.0 cm³/mol. The third-order valence-corrected chi connectivity index (χ3v) is 4.10. The normalized spacial score (nSPS) is 21.5. The van der Waals surface area contributed by atoms with Gasteiger partial charge in [0.15, 0.2) is 15.5 Å². The largest absolute Gasteiger partial charge is 0.362 e. The standard InChI is InChI=1S/C9H8ClN5O2S/c10-9-13-7(6-3-11-15-8(6)14-9)12-5-1-2-18(16,17)4-5/h1-3,5H,4H2,(H2,11,12,13,14,15). The number of anilines is 1. The molecule has 3 rings (SSSR count). The van der Waals surface area contributed by atoms with Crippen LogP contribution in [-0.4, -0.2) is 40.4 Å². The first-order valence-corrected chi connectivity index (χ1v) is 7.17. The molecule has 1 atom stereocenters. The van der Waals surface area contributed by atoms with Crippen LogP contribution in [0.3, 0.4) is 0 Å². The van der Waals surface area contributed by atoms with Gasteiger partial charge < -0.3 is 5.32 Å². The van der Waals surface area contributed by atoms with Gasteiger partial charge in [0.2, 0.25) is 5.28 Å². The van der Waals surface area contributed by atoms with Crippen LogP contribution in [0.15, 0.2) is 17.7 Å². The number of halogens is 1. The molecule has 0 saturated heterocycles. The zero-order chi connectivity index (χ0) is 12.8. The molecule has 0 fully saturated rings. The topological polar surface area (TPSA) is 101 Å². The number of sulfone groups is 1. The van der Waals surface area contributed by atoms with Crippen LogP contribution in [0.25, 0.3) is 11.0 Å². The summed E-state index contributed by atoms with van der Waals surface area (Å²) in [4.78, 5) is 8.00. The Morgan fingerprint density at radius 3 is 3.00 bits per heavy atom. The van der Waals surface area contributed by atoms with Gasteiger partial charge in [-0.3, -0.25) is 5.10 Å². The minimum atomic E-state index is -3.11. The molecule has 0 aliphatic carbocycles. The number of hydrogen-bond acceptors (Lipinski definition) is 6. The smallest absolute Gasteiger partial charge is 0.226 e. The molecular formula is C9H8ClN5O2S. The summed E-state index contributed by atoms with van der Waals surface area (Å²) in [6, 6.07) is -0.320. The second kappa shape index (κ2) is 3.92. The van der Waals surface area contributed by atoms with Gasteiger partial charge in [0, 0.05) is 5.41 Å². The van der Waals surface area contributed by atoms with Gasteiger partial charge in [0.1, 0.15) is 5.82 Å². The Balaban J connectivity index is 1.96. The van der Waals surface area contributed by atoms with E-state index in [1.807, 2.05) is 0 Å². The quantitative estimate of drug-likeness (QED) is 0.789. The maximum atomic E-state index is 11.3. The van der Waals surface area contributed by atoms with Crippen LogP contribution in [0, 0.1) is 0 Å². The fraction of sp³-hybridized carbons (Fsp3) is 0.222. The van der Waals surface area contributed by atoms with Crippen molar-refractivity contribution in [2.75, 3.05) is 11.1 Å². The molecule has 9 heteroatoms. The van der Waals surface area contributed by atoms with E-state index in [-0.39, 0.29) is 17.1 Å². The lowest BCUT2D eigenvalue weighted by atomic mass is 10.3. The first kappa shape index (κ1) is 11.4. The molecule has 94 valence electrons. The van der Waals surface area contributed by atoms with E-state index in [1.54, 1.807) is 12.3 Å². The Morgan fingerprint density at radius 1 is 1.44 bits per heavy atom. The lowest BCUT2D eigenvalue weighted by Crippen LogP contribution is -2.21. The summed E-state index contributed by atoms with van der Waals surface area (Å²) in [6.07, 6.45) is 3.14. The van der Waals surface area contributed by atoms with E-state index in [1.165, 1.54) is 5.41 Å². The highest BCUT2D eigenvalue weighted by Crippen LogP contribution is 2.22. The minimum Gasteiger partial charge on any atom is -0.362 e. The van der Waals surface area contributed by atoms with Crippen molar-refractivity contribution < 1.29 is 8.42 Å². The molecule has 0 bridgehead atoms. The first-order valence-electron chi connectivity index (χ1n) is 5.08. The molecule has 0 saturated carbocycles. The maximum absolute atomic E-state index is 11.3. The van der Waals surface area contributed by atoms with Crippen molar-refractivity contribution in [2.24, 2.45) is 0 Å². The average Bonchev–Trinajstić information content (AvgIpc) is 2.84. The van der Waals surface area contributed by atoms with Gasteiger partial charge in [-0.25, -0.2) is 8.42 Å². The molecule has 7 nitrogen and oxygen atoms in total. The average molecular weight is 286 g/mol. The Morgan fingerprint density at radius 2 is 2.28 bits per heavy atom. The van der Waals surface area contributed by atoms with Crippen LogP contribution in [0.1, 0.15) is 0 Å². The highest BCUT2D eigenvalue weighted by atomic mass is 35.5. The van der Waals surface area contributed by atoms with Crippen LogP contribution in [0.5, 0.6) is 0 Å². The predicted octanol–water partition coefficient (Wildman–Crippen LogP) is 0.729. The molecule has 2 aromatic heterocycles. The van der Waals surface area contributed by atoms with E-state index in [0.717, 1.165) is 0 Å². The lowest BCUT2D eigenvalue weighted by molar-refractivity contribution is 0.605. The van der Waals surface area contributed by atoms with Gasteiger partial charge in [0.25, 0.3) is 0 Å². The summed E-state index contributed by atoms with van der Waals surface area (Å²) >= 11 is 5.78. The highest BCUT2D eigenvalue weighted by molar-refractivity contribution is 7.94. The first-order chi connectivity index (χ1) is 8.53. The number of aromatic nitrogens is 4. The van der Waals surface area contributed by atoms with Crippen molar-refractivity contribution in [2.45, 2.75) is 6.04 Å². The van der Waals surface area contributed by atoms with Crippen LogP contribution in [0.2, 0.25) is 5.28 Å². The van der Waals surface area contributed by atoms with Crippen LogP contribution in [-0.2, 0) is 9.84 Å². The number of fused-ring (bicyclic) bond motifs is 1. The van der Waals surface area contributed by atoms with Gasteiger partial charge in [-0.1, -0.05) is 0 Å². The molecule has 0 aromatic carbocycles. The summed E-state index contributed by atoms with van der Waals surface area (Å²) in [5.41, 5.74) is 0.502. The van der Waals surface area contributed by atoms with Gasteiger partial charge in [-0.15, -0.1) is 0 Å². The summed E-state index contributed by atoms with van der Waals surface area (Å²) in [6.45, 7) is 0. The van der Waals surface area contributed by atoms with E-state index in [4.69, 9.17) is 11.6 Å². The maximum Gasteiger partial charge on any atom is 0.226 e. The van der Waals surface area contributed by atoms with Gasteiger partial charge >= 0.3 is 0 Å². The molecule has 1 aliphatic rings. The van der Waals surface area contributed by atoms with Crippen LogP contribution >= 0.6 is 11.6 Å². The minimum absolute atomic E-state index is 0.00790. The Bertz CT molecular complexity index is 738. The van der Waals surface area contributed by atoms with E-state index < -0.39 is 9.84 Å². The SMILES string of the molecule is O=S1(=O)C=CC(Nc2nc(Cl)nc3[nH]ncc23)C1. The molecule has 0 radical (unpaired) electrons. The van der Waals surface area contributed by atoms with Gasteiger partial charge in [0.05, 0.1) is 23.4 Å². The number of hydrogen-bond donors (Lipinski definition) is 2. The van der Waals surface area contributed by atoms with Crippen molar-refractivity contribution in [1.82, 2.24) is 20.2 Å². The molecular weight excluding hydrogens is 278 g/mol. The van der Waals surface area contributed by atoms with Gasteiger partial charge in [-0.2, -0.15) is 15.1 Å². The van der Waals surface area contributed by atoms with E-state index in [0.29, 0.717) is 16.9 Å². The van der Waals surface area contributed by atoms with Gasteiger partial charge in [-0.05, 0) is 17.7 Å². The number of rotatable bonds is 2. The highest BCUT2D eigenvalue weighted by Gasteiger charge is 2.22. The Kier molecular flexibility index (Phi) is 2.49. The molecule has 2 N–H and O–H groups in total. The molecule has 18 heavy (non-hydrogen) atoms. The van der Waals surface area contributed by atoms with Crippen molar-refractivity contribution in [1.29, 1.82) is 0 Å². The second-order valence-corrected chi connectivity index (χ2v) is 6.15. The fourth-order valence-electron chi connectivity index (χ4n) is 1.76. The summed E-state index contributed by atoms with van der Waals surface area (Å²) in [5.74, 6) is 0.471. The lowest BCUT2D eigenvalue weighted by Gasteiger charge is -2.11. The zero-order valence-electron chi connectivity index (χ0n) is 8.96. The number of H-pyrrole nitrogens is 1. The fourth-order valence-corrected chi connectivity index (χ4v) is 3.16. The molecule has 1 unspecified atom stereocenters. The third kappa shape index (κ3) is 2.04. The molecule has 1 aliphatic heterocycles. The summed E-state index contributed by atoms with van der Waals surface area (Å²) in [5, 5.41) is 11.5. The van der Waals surface area contributed by atoms with E-state index >= 15 is 0 Å². The Hall–Kier alpha value is -1.67. The van der Waals surface area contributed by atoms with Crippen molar-refractivity contribution in [3.63, 3.8) is 0 Å². The van der Waals surface area contributed by atoms with Crippen molar-refractivity contribution in [3.05, 3.63) is 23.0 Å². The van der Waals surface area contributed by atoms with Crippen molar-refractivity contribution >= 4 is 38.3 Å². The summed E-state index contributed by atoms with van der Waals surface area (Å²) in [7, 11) is -3.11. The van der Waals surface area contributed by atoms with E-state index in [2.05, 4.69) is 25.5 Å². The molecule has 0 amide bonds. The monoisotopic (exact) mass is 285 g/mol. The summed E-state index contributed by atoms with van der Waals surface area (Å²) < 4.78 is 22.6. The zero-order valence-corrected chi connectivity index (χ0v) is 10.5. The van der Waals surface area contributed by atoms with Crippen LogP contribution < -0.4 is 5.32 Å². The molecule has 3 heterocycles. The van der Waals surface area contributed by atoms with Crippen molar-refractivity contribution in [3.8, 4) is 0 Å². The third-order valence-electron chi connectivity index (χ3n) is 2.53. The Labute approximate surface area is 107 Å². The second-order valence-electron chi connectivity index (χ2n) is 3.88. The number of nitrogens with zero attached hydrogens (tertiary/aromatic N) is 3. The number of aromatic amines is 1. The molecule has 0 spiro atoms. The van der Waals surface area contributed by atoms with E-state index in [9.17, 15) is 8.42 Å².